The Morgan fingerprint density at radius 2 is 0.395 bits per heavy atom. The first kappa shape index (κ1) is 81.9. The molecule has 0 aromatic heterocycles. The van der Waals surface area contributed by atoms with Gasteiger partial charge in [-0.15, -0.1) is 0 Å². The summed E-state index contributed by atoms with van der Waals surface area (Å²) in [5, 5.41) is 0. The molecule has 0 aliphatic carbocycles. The third kappa shape index (κ3) is 34.7. The Kier molecular flexibility index (Phi) is 54.1. The summed E-state index contributed by atoms with van der Waals surface area (Å²) in [5.74, 6) is 3.88. The molecule has 76 heavy (non-hydrogen) atoms. The SMILES string of the molecule is COC(CC(OC)C(OC)C(OC)C(OC)C(C)C)C(C)C.COC(CCC(OC)C(OC)C(OC)C(C)C)C(C)C.COC(CCCC(OC)C(OC)C(C)C)C(C)C.COC(CCCCC(OC)C(C)C)C(C)C. The van der Waals surface area contributed by atoms with Gasteiger partial charge in [0.25, 0.3) is 0 Å². The number of ether oxygens (including phenoxy) is 14. The van der Waals surface area contributed by atoms with Gasteiger partial charge in [0.2, 0.25) is 0 Å². The molecule has 14 atom stereocenters. The van der Waals surface area contributed by atoms with E-state index in [9.17, 15) is 0 Å². The van der Waals surface area contributed by atoms with Gasteiger partial charge in [0, 0.05) is 106 Å². The third-order valence-electron chi connectivity index (χ3n) is 15.2. The van der Waals surface area contributed by atoms with Crippen LogP contribution in [0.5, 0.6) is 0 Å². The van der Waals surface area contributed by atoms with Crippen LogP contribution in [0.2, 0.25) is 0 Å². The van der Waals surface area contributed by atoms with E-state index in [2.05, 4.69) is 111 Å². The van der Waals surface area contributed by atoms with Crippen molar-refractivity contribution in [3.05, 3.63) is 0 Å². The van der Waals surface area contributed by atoms with Crippen molar-refractivity contribution in [3.63, 3.8) is 0 Å². The van der Waals surface area contributed by atoms with Crippen molar-refractivity contribution >= 4 is 0 Å². The van der Waals surface area contributed by atoms with E-state index in [1.807, 2.05) is 14.2 Å². The molecule has 0 radical (unpaired) electrons. The highest BCUT2D eigenvalue weighted by atomic mass is 16.6. The maximum Gasteiger partial charge on any atom is 0.112 e. The first-order valence-corrected chi connectivity index (χ1v) is 29.2. The lowest BCUT2D eigenvalue weighted by molar-refractivity contribution is -0.164. The van der Waals surface area contributed by atoms with Crippen molar-refractivity contribution < 1.29 is 66.3 Å². The first-order valence-electron chi connectivity index (χ1n) is 29.2. The van der Waals surface area contributed by atoms with Crippen LogP contribution in [-0.4, -0.2) is 185 Å². The highest BCUT2D eigenvalue weighted by Gasteiger charge is 2.39. The fourth-order valence-electron chi connectivity index (χ4n) is 10.4. The van der Waals surface area contributed by atoms with Gasteiger partial charge in [0.15, 0.2) is 0 Å². The molecule has 0 rings (SSSR count). The normalized spacial score (nSPS) is 17.8. The zero-order valence-corrected chi connectivity index (χ0v) is 55.5. The predicted molar refractivity (Wildman–Crippen MR) is 316 cm³/mol. The molecule has 464 valence electrons. The fourth-order valence-corrected chi connectivity index (χ4v) is 10.4. The standard InChI is InChI=1S/C17H36O5.C16H34O4.C15H32O3.C14H30O2/c1-11(2)13(18-5)10-14(19-6)16(21-8)17(22-9)15(20-7)12(3)4;1-11(2)13(17-5)9-10-14(18-6)16(20-8)15(19-7)12(3)4;1-11(2)13(16-5)9-8-10-14(17-6)15(18-7)12(3)4;1-11(2)13(15-5)9-7-8-10-14(16-6)12(3)4/h11-17H,10H2,1-9H3;11-16H,9-10H2,1-8H3;11-15H,8-10H2,1-7H3;11-14H,7-10H2,1-6H3. The molecule has 0 spiro atoms. The number of hydrogen-bond donors (Lipinski definition) is 0. The molecule has 0 aromatic carbocycles. The Balaban J connectivity index is -0.000000458. The minimum absolute atomic E-state index is 0.0174. The average molecular weight is 1100 g/mol. The van der Waals surface area contributed by atoms with Crippen LogP contribution in [0.4, 0.5) is 0 Å². The second kappa shape index (κ2) is 50.2. The first-order chi connectivity index (χ1) is 35.8. The van der Waals surface area contributed by atoms with Crippen LogP contribution in [0.3, 0.4) is 0 Å². The molecule has 0 fully saturated rings. The molecule has 0 N–H and O–H groups in total. The van der Waals surface area contributed by atoms with Crippen LogP contribution in [0, 0.1) is 47.3 Å². The highest BCUT2D eigenvalue weighted by Crippen LogP contribution is 2.27. The zero-order valence-electron chi connectivity index (χ0n) is 55.5. The Hall–Kier alpha value is -0.560. The molecule has 0 amide bonds. The number of hydrogen-bond acceptors (Lipinski definition) is 14. The monoisotopic (exact) mass is 1100 g/mol. The van der Waals surface area contributed by atoms with Crippen molar-refractivity contribution in [1.82, 2.24) is 0 Å². The molecule has 0 saturated carbocycles. The molecule has 14 nitrogen and oxygen atoms in total. The van der Waals surface area contributed by atoms with E-state index in [1.165, 1.54) is 25.7 Å². The topological polar surface area (TPSA) is 129 Å². The molecule has 0 saturated heterocycles. The molecular formula is C62H132O14. The maximum absolute atomic E-state index is 5.73. The second-order valence-corrected chi connectivity index (χ2v) is 23.4. The van der Waals surface area contributed by atoms with E-state index in [0.717, 1.165) is 38.5 Å². The van der Waals surface area contributed by atoms with Crippen LogP contribution in [0.1, 0.15) is 175 Å². The summed E-state index contributed by atoms with van der Waals surface area (Å²) in [4.78, 5) is 0. The van der Waals surface area contributed by atoms with Gasteiger partial charge >= 0.3 is 0 Å². The largest absolute Gasteiger partial charge is 0.381 e. The smallest absolute Gasteiger partial charge is 0.112 e. The Morgan fingerprint density at radius 3 is 0.658 bits per heavy atom. The molecule has 0 aromatic rings. The van der Waals surface area contributed by atoms with Gasteiger partial charge in [-0.2, -0.15) is 0 Å². The number of methoxy groups -OCH3 is 14. The lowest BCUT2D eigenvalue weighted by atomic mass is 9.90. The van der Waals surface area contributed by atoms with E-state index in [0.29, 0.717) is 65.7 Å². The quantitative estimate of drug-likeness (QED) is 0.0538. The van der Waals surface area contributed by atoms with Gasteiger partial charge in [-0.3, -0.25) is 0 Å². The molecule has 0 heterocycles. The highest BCUT2D eigenvalue weighted by molar-refractivity contribution is 4.89. The Morgan fingerprint density at radius 1 is 0.171 bits per heavy atom. The molecule has 0 aliphatic rings. The van der Waals surface area contributed by atoms with Crippen molar-refractivity contribution in [3.8, 4) is 0 Å². The average Bonchev–Trinajstić information content (AvgIpc) is 3.37. The maximum atomic E-state index is 5.73. The van der Waals surface area contributed by atoms with Crippen LogP contribution >= 0.6 is 0 Å². The summed E-state index contributed by atoms with van der Waals surface area (Å²) < 4.78 is 78.3. The van der Waals surface area contributed by atoms with E-state index >= 15 is 0 Å². The summed E-state index contributed by atoms with van der Waals surface area (Å²) in [5.41, 5.74) is 0. The van der Waals surface area contributed by atoms with Crippen molar-refractivity contribution in [1.29, 1.82) is 0 Å². The van der Waals surface area contributed by atoms with Gasteiger partial charge in [0.05, 0.1) is 67.1 Å². The summed E-state index contributed by atoms with van der Waals surface area (Å²) >= 11 is 0. The molecule has 14 unspecified atom stereocenters. The summed E-state index contributed by atoms with van der Waals surface area (Å²) in [6.07, 6.45) is 11.9. The van der Waals surface area contributed by atoms with Crippen LogP contribution in [0.15, 0.2) is 0 Å². The Bertz CT molecular complexity index is 1190. The second-order valence-electron chi connectivity index (χ2n) is 23.4. The molecule has 0 aliphatic heterocycles. The van der Waals surface area contributed by atoms with Gasteiger partial charge in [0.1, 0.15) is 18.3 Å². The number of unbranched alkanes of at least 4 members (excludes halogenated alkanes) is 1. The lowest BCUT2D eigenvalue weighted by Gasteiger charge is -2.38. The zero-order chi connectivity index (χ0) is 59.7. The minimum Gasteiger partial charge on any atom is -0.381 e. The van der Waals surface area contributed by atoms with Gasteiger partial charge in [-0.05, 0) is 92.3 Å². The van der Waals surface area contributed by atoms with Crippen LogP contribution in [-0.2, 0) is 66.3 Å². The van der Waals surface area contributed by atoms with E-state index in [1.54, 1.807) is 85.3 Å². The van der Waals surface area contributed by atoms with Crippen molar-refractivity contribution in [2.45, 2.75) is 260 Å². The summed E-state index contributed by atoms with van der Waals surface area (Å²) in [7, 11) is 24.4. The van der Waals surface area contributed by atoms with E-state index < -0.39 is 0 Å². The predicted octanol–water partition coefficient (Wildman–Crippen LogP) is 13.3. The van der Waals surface area contributed by atoms with Gasteiger partial charge < -0.3 is 66.3 Å². The Labute approximate surface area is 472 Å². The lowest BCUT2D eigenvalue weighted by Crippen LogP contribution is -2.51. The third-order valence-corrected chi connectivity index (χ3v) is 15.2. The van der Waals surface area contributed by atoms with Crippen molar-refractivity contribution in [2.75, 3.05) is 99.5 Å². The van der Waals surface area contributed by atoms with Gasteiger partial charge in [-0.1, -0.05) is 124 Å². The van der Waals surface area contributed by atoms with E-state index in [4.69, 9.17) is 66.3 Å². The summed E-state index contributed by atoms with van der Waals surface area (Å²) in [6.45, 7) is 34.8. The summed E-state index contributed by atoms with van der Waals surface area (Å²) in [6, 6.07) is 0. The van der Waals surface area contributed by atoms with E-state index in [-0.39, 0.29) is 67.1 Å². The molecule has 0 bridgehead atoms. The molecule has 14 heteroatoms. The number of rotatable bonds is 42. The van der Waals surface area contributed by atoms with Crippen molar-refractivity contribution in [2.24, 2.45) is 47.3 Å². The van der Waals surface area contributed by atoms with Crippen LogP contribution < -0.4 is 0 Å². The fraction of sp³-hybridized carbons (Fsp3) is 1.00. The van der Waals surface area contributed by atoms with Gasteiger partial charge in [-0.25, -0.2) is 0 Å². The molecular weight excluding hydrogens is 969 g/mol. The minimum atomic E-state index is -0.223. The van der Waals surface area contributed by atoms with Crippen LogP contribution in [0.25, 0.3) is 0 Å².